The molecule has 2 fully saturated rings. The van der Waals surface area contributed by atoms with Crippen LogP contribution in [0.4, 0.5) is 5.69 Å². The van der Waals surface area contributed by atoms with Crippen LogP contribution in [0.1, 0.15) is 17.9 Å². The summed E-state index contributed by atoms with van der Waals surface area (Å²) in [6.45, 7) is 5.68. The molecule has 4 heteroatoms. The van der Waals surface area contributed by atoms with Crippen LogP contribution in [-0.4, -0.2) is 37.6 Å². The van der Waals surface area contributed by atoms with Crippen LogP contribution in [-0.2, 0) is 0 Å². The van der Waals surface area contributed by atoms with Crippen molar-refractivity contribution in [3.63, 3.8) is 0 Å². The van der Waals surface area contributed by atoms with Crippen molar-refractivity contribution in [2.75, 3.05) is 37.6 Å². The third-order valence-corrected chi connectivity index (χ3v) is 5.53. The largest absolute Gasteiger partial charge is 0.368 e. The first-order valence-corrected chi connectivity index (χ1v) is 8.96. The summed E-state index contributed by atoms with van der Waals surface area (Å²) in [6.07, 6.45) is 1.36. The van der Waals surface area contributed by atoms with Crippen molar-refractivity contribution in [3.8, 4) is 0 Å². The maximum Gasteiger partial charge on any atom is 0.0639 e. The number of piperazine rings is 1. The summed E-state index contributed by atoms with van der Waals surface area (Å²) in [6, 6.07) is 19.2. The van der Waals surface area contributed by atoms with Gasteiger partial charge in [0.2, 0.25) is 0 Å². The molecule has 0 unspecified atom stereocenters. The van der Waals surface area contributed by atoms with Crippen LogP contribution in [0.3, 0.4) is 0 Å². The average Bonchev–Trinajstić information content (AvgIpc) is 3.36. The molecule has 0 bridgehead atoms. The lowest BCUT2D eigenvalue weighted by Crippen LogP contribution is -2.47. The zero-order chi connectivity index (χ0) is 15.6. The number of nitrogens with zero attached hydrogens (tertiary/aromatic N) is 2. The molecule has 128 valence electrons. The van der Waals surface area contributed by atoms with E-state index in [0.717, 1.165) is 43.0 Å². The third-order valence-electron chi connectivity index (χ3n) is 5.21. The minimum atomic E-state index is 0. The number of anilines is 1. The molecule has 1 saturated heterocycles. The van der Waals surface area contributed by atoms with E-state index in [9.17, 15) is 0 Å². The Morgan fingerprint density at radius 3 is 2.25 bits per heavy atom. The van der Waals surface area contributed by atoms with Gasteiger partial charge in [-0.3, -0.25) is 4.90 Å². The Balaban J connectivity index is 0.00000169. The number of hydrogen-bond acceptors (Lipinski definition) is 2. The van der Waals surface area contributed by atoms with Crippen molar-refractivity contribution in [1.29, 1.82) is 0 Å². The van der Waals surface area contributed by atoms with E-state index in [1.54, 1.807) is 0 Å². The molecular weight excluding hydrogens is 384 g/mol. The number of rotatable bonds is 4. The molecule has 2 aromatic rings. The fourth-order valence-corrected chi connectivity index (χ4v) is 4.02. The average molecular weight is 408 g/mol. The summed E-state index contributed by atoms with van der Waals surface area (Å²) >= 11 is 6.32. The predicted molar refractivity (Wildman–Crippen MR) is 108 cm³/mol. The normalized spacial score (nSPS) is 23.6. The van der Waals surface area contributed by atoms with Crippen molar-refractivity contribution >= 4 is 34.3 Å². The van der Waals surface area contributed by atoms with Gasteiger partial charge < -0.3 is 4.90 Å². The summed E-state index contributed by atoms with van der Waals surface area (Å²) in [5.41, 5.74) is 2.70. The van der Waals surface area contributed by atoms with Crippen molar-refractivity contribution in [2.24, 2.45) is 5.92 Å². The minimum absolute atomic E-state index is 0. The third kappa shape index (κ3) is 3.96. The van der Waals surface area contributed by atoms with E-state index >= 15 is 0 Å². The molecule has 2 aromatic carbocycles. The monoisotopic (exact) mass is 406 g/mol. The molecule has 2 nitrogen and oxygen atoms in total. The Kier molecular flexibility index (Phi) is 5.85. The highest BCUT2D eigenvalue weighted by atomic mass is 79.9. The molecular formula is C20H24BrClN2. The predicted octanol–water partition coefficient (Wildman–Crippen LogP) is 4.84. The number of para-hydroxylation sites is 1. The first kappa shape index (κ1) is 17.8. The van der Waals surface area contributed by atoms with E-state index in [2.05, 4.69) is 52.3 Å². The maximum absolute atomic E-state index is 6.32. The second kappa shape index (κ2) is 7.90. The van der Waals surface area contributed by atoms with Crippen LogP contribution < -0.4 is 4.90 Å². The van der Waals surface area contributed by atoms with Gasteiger partial charge in [-0.1, -0.05) is 54.1 Å². The Morgan fingerprint density at radius 1 is 0.875 bits per heavy atom. The molecule has 0 radical (unpaired) electrons. The number of hydrogen-bond donors (Lipinski definition) is 0. The Morgan fingerprint density at radius 2 is 1.54 bits per heavy atom. The molecule has 1 heterocycles. The van der Waals surface area contributed by atoms with Crippen molar-refractivity contribution in [3.05, 3.63) is 65.2 Å². The van der Waals surface area contributed by atoms with Crippen LogP contribution in [0.2, 0.25) is 5.02 Å². The van der Waals surface area contributed by atoms with E-state index in [-0.39, 0.29) is 17.0 Å². The topological polar surface area (TPSA) is 6.48 Å². The molecule has 24 heavy (non-hydrogen) atoms. The lowest BCUT2D eigenvalue weighted by Gasteiger charge is -2.36. The molecule has 1 aliphatic heterocycles. The molecule has 0 N–H and O–H groups in total. The van der Waals surface area contributed by atoms with Gasteiger partial charge in [0.05, 0.1) is 10.7 Å². The van der Waals surface area contributed by atoms with Gasteiger partial charge in [0.15, 0.2) is 0 Å². The second-order valence-electron chi connectivity index (χ2n) is 6.75. The van der Waals surface area contributed by atoms with Gasteiger partial charge in [-0.25, -0.2) is 0 Å². The fourth-order valence-electron chi connectivity index (χ4n) is 3.77. The van der Waals surface area contributed by atoms with Crippen LogP contribution in [0.5, 0.6) is 0 Å². The van der Waals surface area contributed by atoms with Gasteiger partial charge in [0.25, 0.3) is 0 Å². The highest BCUT2D eigenvalue weighted by Gasteiger charge is 2.39. The van der Waals surface area contributed by atoms with Crippen molar-refractivity contribution in [2.45, 2.75) is 12.3 Å². The Labute approximate surface area is 160 Å². The molecule has 1 aliphatic carbocycles. The van der Waals surface area contributed by atoms with E-state index in [1.165, 1.54) is 24.2 Å². The molecule has 2 atom stereocenters. The van der Waals surface area contributed by atoms with Crippen molar-refractivity contribution < 1.29 is 0 Å². The summed E-state index contributed by atoms with van der Waals surface area (Å²) in [5.74, 6) is 1.64. The molecule has 0 aromatic heterocycles. The van der Waals surface area contributed by atoms with E-state index in [1.807, 2.05) is 12.1 Å². The lowest BCUT2D eigenvalue weighted by molar-refractivity contribution is 0.246. The summed E-state index contributed by atoms with van der Waals surface area (Å²) in [7, 11) is 0. The first-order chi connectivity index (χ1) is 11.3. The fraction of sp³-hybridized carbons (Fsp3) is 0.400. The molecule has 2 aliphatic rings. The number of halogens is 2. The Bertz CT molecular complexity index is 656. The van der Waals surface area contributed by atoms with E-state index in [0.29, 0.717) is 0 Å². The number of benzene rings is 2. The van der Waals surface area contributed by atoms with E-state index in [4.69, 9.17) is 11.6 Å². The van der Waals surface area contributed by atoms with Gasteiger partial charge in [0.1, 0.15) is 0 Å². The molecule has 0 spiro atoms. The highest BCUT2D eigenvalue weighted by Crippen LogP contribution is 2.47. The second-order valence-corrected chi connectivity index (χ2v) is 7.16. The SMILES string of the molecule is Br.Clc1ccccc1N1CCN(C[C@H]2C[C@@H]2c2ccccc2)CC1. The quantitative estimate of drug-likeness (QED) is 0.715. The summed E-state index contributed by atoms with van der Waals surface area (Å²) in [5, 5.41) is 0.868. The Hall–Kier alpha value is -1.03. The zero-order valence-corrected chi connectivity index (χ0v) is 16.2. The van der Waals surface area contributed by atoms with E-state index < -0.39 is 0 Å². The summed E-state index contributed by atoms with van der Waals surface area (Å²) in [4.78, 5) is 5.04. The van der Waals surface area contributed by atoms with Crippen LogP contribution >= 0.6 is 28.6 Å². The summed E-state index contributed by atoms with van der Waals surface area (Å²) < 4.78 is 0. The maximum atomic E-state index is 6.32. The zero-order valence-electron chi connectivity index (χ0n) is 13.8. The van der Waals surface area contributed by atoms with Gasteiger partial charge in [-0.15, -0.1) is 17.0 Å². The minimum Gasteiger partial charge on any atom is -0.368 e. The van der Waals surface area contributed by atoms with Gasteiger partial charge >= 0.3 is 0 Å². The van der Waals surface area contributed by atoms with Gasteiger partial charge in [0, 0.05) is 32.7 Å². The van der Waals surface area contributed by atoms with Crippen molar-refractivity contribution in [1.82, 2.24) is 4.90 Å². The first-order valence-electron chi connectivity index (χ1n) is 8.58. The molecule has 0 amide bonds. The lowest BCUT2D eigenvalue weighted by atomic mass is 10.1. The standard InChI is InChI=1S/C20H23ClN2.BrH/c21-19-8-4-5-9-20(19)23-12-10-22(11-13-23)15-17-14-18(17)16-6-2-1-3-7-16;/h1-9,17-18H,10-15H2;1H/t17-,18-;/m1./s1. The van der Waals surface area contributed by atoms with Gasteiger partial charge in [-0.2, -0.15) is 0 Å². The highest BCUT2D eigenvalue weighted by molar-refractivity contribution is 8.93. The van der Waals surface area contributed by atoms with Crippen LogP contribution in [0, 0.1) is 5.92 Å². The molecule has 4 rings (SSSR count). The molecule has 1 saturated carbocycles. The van der Waals surface area contributed by atoms with Crippen LogP contribution in [0.25, 0.3) is 0 Å². The smallest absolute Gasteiger partial charge is 0.0639 e. The van der Waals surface area contributed by atoms with Crippen LogP contribution in [0.15, 0.2) is 54.6 Å². The van der Waals surface area contributed by atoms with Gasteiger partial charge in [-0.05, 0) is 36.0 Å².